The largest absolute Gasteiger partial charge is 0.430 e. The molecule has 0 amide bonds. The Kier molecular flexibility index (Phi) is 6.02. The fraction of sp³-hybridized carbons (Fsp3) is 0.103. The van der Waals surface area contributed by atoms with Crippen molar-refractivity contribution in [2.24, 2.45) is 0 Å². The normalized spacial score (nSPS) is 13.0. The molecule has 6 aromatic rings. The number of nitrogens with zero attached hydrogens (tertiary/aromatic N) is 2. The number of aliphatic hydroxyl groups is 1. The molecule has 0 radical (unpaired) electrons. The van der Waals surface area contributed by atoms with E-state index in [1.807, 2.05) is 0 Å². The summed E-state index contributed by atoms with van der Waals surface area (Å²) in [6, 6.07) is 16.2. The Morgan fingerprint density at radius 3 is 2.12 bits per heavy atom. The van der Waals surface area contributed by atoms with E-state index >= 15 is 0 Å². The smallest absolute Gasteiger partial charge is 0.369 e. The van der Waals surface area contributed by atoms with Crippen LogP contribution in [0.4, 0.5) is 30.7 Å². The molecule has 0 saturated heterocycles. The summed E-state index contributed by atoms with van der Waals surface area (Å²) >= 11 is 6.23. The molecule has 0 spiro atoms. The molecule has 0 aliphatic carbocycles. The predicted octanol–water partition coefficient (Wildman–Crippen LogP) is 8.70. The summed E-state index contributed by atoms with van der Waals surface area (Å²) in [5.74, 6) is -0.679. The van der Waals surface area contributed by atoms with Crippen LogP contribution in [-0.2, 0) is 5.60 Å². The Hall–Kier alpha value is -4.22. The van der Waals surface area contributed by atoms with Crippen LogP contribution < -0.4 is 0 Å². The van der Waals surface area contributed by atoms with Crippen LogP contribution in [0.15, 0.2) is 79.0 Å². The molecular formula is C29H15ClF7N3O. The van der Waals surface area contributed by atoms with Crippen molar-refractivity contribution in [3.05, 3.63) is 95.4 Å². The third kappa shape index (κ3) is 4.10. The summed E-state index contributed by atoms with van der Waals surface area (Å²) in [6.45, 7) is 0. The van der Waals surface area contributed by atoms with Gasteiger partial charge >= 0.3 is 12.4 Å². The summed E-state index contributed by atoms with van der Waals surface area (Å²) in [4.78, 5) is 11.7. The minimum absolute atomic E-state index is 0.0110. The molecule has 0 aliphatic rings. The monoisotopic (exact) mass is 589 g/mol. The SMILES string of the molecule is OC(c1ccc2c(c1)c1cc(-c3ccccn3)ccc1c1nc(-c3c(F)cccc3Cl)[nH]c21)(C(F)(F)F)C(F)(F)F. The first-order valence-corrected chi connectivity index (χ1v) is 12.3. The lowest BCUT2D eigenvalue weighted by Gasteiger charge is -2.32. The van der Waals surface area contributed by atoms with Crippen molar-refractivity contribution in [1.82, 2.24) is 15.0 Å². The Labute approximate surface area is 231 Å². The minimum atomic E-state index is -6.07. The summed E-state index contributed by atoms with van der Waals surface area (Å²) in [6.07, 6.45) is -10.6. The van der Waals surface area contributed by atoms with Gasteiger partial charge in [-0.15, -0.1) is 0 Å². The molecule has 6 rings (SSSR count). The Balaban J connectivity index is 1.74. The molecule has 0 atom stereocenters. The average molecular weight is 590 g/mol. The highest BCUT2D eigenvalue weighted by atomic mass is 35.5. The number of alkyl halides is 6. The summed E-state index contributed by atoms with van der Waals surface area (Å²) in [7, 11) is 0. The van der Waals surface area contributed by atoms with E-state index < -0.39 is 29.3 Å². The van der Waals surface area contributed by atoms with Crippen molar-refractivity contribution in [3.8, 4) is 22.6 Å². The van der Waals surface area contributed by atoms with Gasteiger partial charge in [0.1, 0.15) is 11.6 Å². The number of halogens is 8. The van der Waals surface area contributed by atoms with Gasteiger partial charge in [0.05, 0.1) is 27.3 Å². The second-order valence-electron chi connectivity index (χ2n) is 9.35. The number of pyridine rings is 1. The number of aromatic nitrogens is 3. The summed E-state index contributed by atoms with van der Waals surface area (Å²) in [5.41, 5.74) is -5.07. The van der Waals surface area contributed by atoms with Crippen LogP contribution in [0.5, 0.6) is 0 Å². The maximum Gasteiger partial charge on any atom is 0.430 e. The number of benzene rings is 4. The van der Waals surface area contributed by atoms with Gasteiger partial charge < -0.3 is 10.1 Å². The van der Waals surface area contributed by atoms with Crippen LogP contribution in [0.2, 0.25) is 5.02 Å². The van der Waals surface area contributed by atoms with Crippen molar-refractivity contribution in [2.75, 3.05) is 0 Å². The predicted molar refractivity (Wildman–Crippen MR) is 141 cm³/mol. The molecule has 12 heteroatoms. The highest BCUT2D eigenvalue weighted by molar-refractivity contribution is 6.33. The molecule has 0 unspecified atom stereocenters. The van der Waals surface area contributed by atoms with E-state index in [4.69, 9.17) is 11.6 Å². The molecule has 2 N–H and O–H groups in total. The van der Waals surface area contributed by atoms with E-state index in [0.29, 0.717) is 28.8 Å². The molecule has 2 aromatic heterocycles. The highest BCUT2D eigenvalue weighted by Crippen LogP contribution is 2.51. The lowest BCUT2D eigenvalue weighted by atomic mass is 9.88. The van der Waals surface area contributed by atoms with Gasteiger partial charge in [-0.3, -0.25) is 4.98 Å². The summed E-state index contributed by atoms with van der Waals surface area (Å²) in [5, 5.41) is 10.9. The maximum atomic E-state index is 14.7. The van der Waals surface area contributed by atoms with Crippen LogP contribution in [0.1, 0.15) is 5.56 Å². The average Bonchev–Trinajstić information content (AvgIpc) is 3.36. The first-order chi connectivity index (χ1) is 19.3. The number of rotatable bonds is 3. The number of imidazole rings is 1. The number of H-pyrrole nitrogens is 1. The van der Waals surface area contributed by atoms with Gasteiger partial charge in [0.2, 0.25) is 0 Å². The second-order valence-corrected chi connectivity index (χ2v) is 9.75. The summed E-state index contributed by atoms with van der Waals surface area (Å²) < 4.78 is 97.3. The number of nitrogens with one attached hydrogen (secondary N) is 1. The third-order valence-corrected chi connectivity index (χ3v) is 7.27. The van der Waals surface area contributed by atoms with Gasteiger partial charge in [0.25, 0.3) is 5.60 Å². The Bertz CT molecular complexity index is 1930. The standard InChI is InChI=1S/C29H15ClF7N3O/c30-20-4-3-5-21(31)23(20)26-39-24-16-9-7-14(22-6-1-2-11-38-22)12-18(16)19-13-15(8-10-17(19)25(24)40-26)27(41,28(32,33)34)29(35,36)37/h1-13,41H,(H,39,40). The zero-order valence-electron chi connectivity index (χ0n) is 20.4. The van der Waals surface area contributed by atoms with Crippen LogP contribution in [0.25, 0.3) is 55.2 Å². The van der Waals surface area contributed by atoms with Crippen molar-refractivity contribution < 1.29 is 35.8 Å². The number of hydrogen-bond donors (Lipinski definition) is 2. The van der Waals surface area contributed by atoms with E-state index in [-0.39, 0.29) is 43.6 Å². The van der Waals surface area contributed by atoms with Gasteiger partial charge in [0.15, 0.2) is 0 Å². The molecule has 208 valence electrons. The van der Waals surface area contributed by atoms with Crippen molar-refractivity contribution >= 4 is 44.2 Å². The molecule has 0 bridgehead atoms. The topological polar surface area (TPSA) is 61.8 Å². The van der Waals surface area contributed by atoms with Gasteiger partial charge in [-0.25, -0.2) is 9.37 Å². The Morgan fingerprint density at radius 1 is 0.756 bits per heavy atom. The number of fused-ring (bicyclic) bond motifs is 6. The number of hydrogen-bond acceptors (Lipinski definition) is 3. The maximum absolute atomic E-state index is 14.7. The fourth-order valence-electron chi connectivity index (χ4n) is 4.97. The van der Waals surface area contributed by atoms with Crippen molar-refractivity contribution in [1.29, 1.82) is 0 Å². The molecular weight excluding hydrogens is 575 g/mol. The zero-order valence-corrected chi connectivity index (χ0v) is 21.1. The fourth-order valence-corrected chi connectivity index (χ4v) is 5.22. The highest BCUT2D eigenvalue weighted by Gasteiger charge is 2.71. The van der Waals surface area contributed by atoms with E-state index in [2.05, 4.69) is 15.0 Å². The van der Waals surface area contributed by atoms with Gasteiger partial charge in [-0.1, -0.05) is 48.0 Å². The molecule has 0 fully saturated rings. The van der Waals surface area contributed by atoms with E-state index in [1.165, 1.54) is 24.4 Å². The molecule has 0 aliphatic heterocycles. The zero-order chi connectivity index (χ0) is 29.3. The van der Waals surface area contributed by atoms with Crippen molar-refractivity contribution in [3.63, 3.8) is 0 Å². The lowest BCUT2D eigenvalue weighted by molar-refractivity contribution is -0.376. The first-order valence-electron chi connectivity index (χ1n) is 11.9. The van der Waals surface area contributed by atoms with Crippen LogP contribution >= 0.6 is 11.6 Å². The molecule has 4 aromatic carbocycles. The third-order valence-electron chi connectivity index (χ3n) is 6.96. The Morgan fingerprint density at radius 2 is 1.46 bits per heavy atom. The second kappa shape index (κ2) is 9.15. The lowest BCUT2D eigenvalue weighted by Crippen LogP contribution is -2.53. The molecule has 4 nitrogen and oxygen atoms in total. The van der Waals surface area contributed by atoms with E-state index in [9.17, 15) is 35.8 Å². The minimum Gasteiger partial charge on any atom is -0.369 e. The molecule has 0 saturated carbocycles. The van der Waals surface area contributed by atoms with Crippen LogP contribution in [0, 0.1) is 5.82 Å². The van der Waals surface area contributed by atoms with Crippen LogP contribution in [0.3, 0.4) is 0 Å². The van der Waals surface area contributed by atoms with E-state index in [0.717, 1.165) is 6.07 Å². The van der Waals surface area contributed by atoms with Gasteiger partial charge in [-0.05, 0) is 47.2 Å². The van der Waals surface area contributed by atoms with E-state index in [1.54, 1.807) is 36.4 Å². The molecule has 2 heterocycles. The van der Waals surface area contributed by atoms with Gasteiger partial charge in [0, 0.05) is 28.1 Å². The number of aromatic amines is 1. The van der Waals surface area contributed by atoms with Crippen LogP contribution in [-0.4, -0.2) is 32.4 Å². The quantitative estimate of drug-likeness (QED) is 0.160. The van der Waals surface area contributed by atoms with Crippen molar-refractivity contribution in [2.45, 2.75) is 18.0 Å². The first kappa shape index (κ1) is 27.0. The van der Waals surface area contributed by atoms with Gasteiger partial charge in [-0.2, -0.15) is 26.3 Å². The molecule has 41 heavy (non-hydrogen) atoms.